The van der Waals surface area contributed by atoms with Crippen LogP contribution in [0, 0.1) is 0 Å². The summed E-state index contributed by atoms with van der Waals surface area (Å²) in [6.07, 6.45) is 2.43. The van der Waals surface area contributed by atoms with Gasteiger partial charge in [0.2, 0.25) is 0 Å². The molecule has 3 heteroatoms. The molecule has 19 heavy (non-hydrogen) atoms. The largest absolute Gasteiger partial charge is 0.398 e. The van der Waals surface area contributed by atoms with E-state index >= 15 is 0 Å². The molecule has 1 unspecified atom stereocenters. The molecule has 1 aromatic rings. The fourth-order valence-corrected chi connectivity index (χ4v) is 3.51. The Morgan fingerprint density at radius 1 is 1.26 bits per heavy atom. The van der Waals surface area contributed by atoms with Gasteiger partial charge in [-0.3, -0.25) is 9.80 Å². The van der Waals surface area contributed by atoms with Crippen LogP contribution in [-0.4, -0.2) is 41.5 Å². The highest BCUT2D eigenvalue weighted by atomic mass is 15.3. The molecule has 0 bridgehead atoms. The average molecular weight is 259 g/mol. The molecule has 0 aliphatic carbocycles. The van der Waals surface area contributed by atoms with Gasteiger partial charge in [-0.1, -0.05) is 12.1 Å². The minimum Gasteiger partial charge on any atom is -0.398 e. The molecule has 0 spiro atoms. The van der Waals surface area contributed by atoms with Crippen molar-refractivity contribution in [3.63, 3.8) is 0 Å². The van der Waals surface area contributed by atoms with E-state index in [0.717, 1.165) is 31.2 Å². The maximum Gasteiger partial charge on any atom is 0.0350 e. The van der Waals surface area contributed by atoms with Crippen LogP contribution in [0.4, 0.5) is 5.69 Å². The van der Waals surface area contributed by atoms with Crippen LogP contribution in [0.25, 0.3) is 0 Å². The smallest absolute Gasteiger partial charge is 0.0350 e. The van der Waals surface area contributed by atoms with Gasteiger partial charge in [-0.2, -0.15) is 0 Å². The number of anilines is 1. The van der Waals surface area contributed by atoms with E-state index in [9.17, 15) is 0 Å². The molecule has 104 valence electrons. The highest BCUT2D eigenvalue weighted by molar-refractivity contribution is 5.51. The number of nitrogen functional groups attached to an aromatic ring is 1. The second-order valence-electron chi connectivity index (χ2n) is 6.24. The highest BCUT2D eigenvalue weighted by Gasteiger charge is 2.30. The van der Waals surface area contributed by atoms with Crippen molar-refractivity contribution in [2.24, 2.45) is 0 Å². The van der Waals surface area contributed by atoms with Crippen molar-refractivity contribution in [2.45, 2.75) is 45.3 Å². The number of benzene rings is 1. The molecule has 3 rings (SSSR count). The molecule has 1 aromatic carbocycles. The van der Waals surface area contributed by atoms with Gasteiger partial charge < -0.3 is 5.73 Å². The van der Waals surface area contributed by atoms with Crippen molar-refractivity contribution in [3.8, 4) is 0 Å². The van der Waals surface area contributed by atoms with Crippen LogP contribution in [0.1, 0.15) is 31.4 Å². The number of fused-ring (bicyclic) bond motifs is 1. The van der Waals surface area contributed by atoms with Crippen molar-refractivity contribution >= 4 is 5.69 Å². The summed E-state index contributed by atoms with van der Waals surface area (Å²) in [7, 11) is 0. The lowest BCUT2D eigenvalue weighted by Crippen LogP contribution is -2.41. The van der Waals surface area contributed by atoms with Gasteiger partial charge in [-0.05, 0) is 43.9 Å². The number of nitrogens with two attached hydrogens (primary N) is 1. The van der Waals surface area contributed by atoms with E-state index in [4.69, 9.17) is 5.73 Å². The highest BCUT2D eigenvalue weighted by Crippen LogP contribution is 2.28. The van der Waals surface area contributed by atoms with Gasteiger partial charge >= 0.3 is 0 Å². The average Bonchev–Trinajstić information content (AvgIpc) is 2.88. The zero-order chi connectivity index (χ0) is 13.4. The lowest BCUT2D eigenvalue weighted by atomic mass is 9.96. The maximum atomic E-state index is 6.08. The SMILES string of the molecule is CC(C)N1CCC(N2CCc3c(N)cccc3C2)C1. The van der Waals surface area contributed by atoms with Crippen LogP contribution in [0.15, 0.2) is 18.2 Å². The Morgan fingerprint density at radius 2 is 2.11 bits per heavy atom. The fourth-order valence-electron chi connectivity index (χ4n) is 3.51. The molecular formula is C16H25N3. The van der Waals surface area contributed by atoms with Gasteiger partial charge in [0.1, 0.15) is 0 Å². The van der Waals surface area contributed by atoms with E-state index in [1.807, 2.05) is 6.07 Å². The summed E-state index contributed by atoms with van der Waals surface area (Å²) in [5.74, 6) is 0. The first-order valence-corrected chi connectivity index (χ1v) is 7.49. The molecular weight excluding hydrogens is 234 g/mol. The van der Waals surface area contributed by atoms with Crippen molar-refractivity contribution < 1.29 is 0 Å². The van der Waals surface area contributed by atoms with Gasteiger partial charge in [0.05, 0.1) is 0 Å². The Balaban J connectivity index is 1.70. The number of rotatable bonds is 2. The second-order valence-corrected chi connectivity index (χ2v) is 6.24. The quantitative estimate of drug-likeness (QED) is 0.826. The van der Waals surface area contributed by atoms with Gasteiger partial charge in [0, 0.05) is 44.0 Å². The summed E-state index contributed by atoms with van der Waals surface area (Å²) < 4.78 is 0. The molecule has 2 aliphatic heterocycles. The Bertz CT molecular complexity index is 455. The van der Waals surface area contributed by atoms with Crippen molar-refractivity contribution in [1.29, 1.82) is 0 Å². The number of hydrogen-bond acceptors (Lipinski definition) is 3. The lowest BCUT2D eigenvalue weighted by Gasteiger charge is -2.34. The van der Waals surface area contributed by atoms with Gasteiger partial charge in [-0.25, -0.2) is 0 Å². The molecule has 1 fully saturated rings. The van der Waals surface area contributed by atoms with Crippen LogP contribution in [-0.2, 0) is 13.0 Å². The first-order valence-electron chi connectivity index (χ1n) is 7.49. The van der Waals surface area contributed by atoms with E-state index in [0.29, 0.717) is 6.04 Å². The van der Waals surface area contributed by atoms with Crippen LogP contribution >= 0.6 is 0 Å². The van der Waals surface area contributed by atoms with Crippen LogP contribution < -0.4 is 5.73 Å². The lowest BCUT2D eigenvalue weighted by molar-refractivity contribution is 0.169. The monoisotopic (exact) mass is 259 g/mol. The van der Waals surface area contributed by atoms with E-state index in [-0.39, 0.29) is 0 Å². The minimum absolute atomic E-state index is 0.678. The van der Waals surface area contributed by atoms with Crippen molar-refractivity contribution in [3.05, 3.63) is 29.3 Å². The molecule has 0 amide bonds. The molecule has 0 radical (unpaired) electrons. The predicted octanol–water partition coefficient (Wildman–Crippen LogP) is 2.11. The maximum absolute atomic E-state index is 6.08. The Morgan fingerprint density at radius 3 is 2.84 bits per heavy atom. The van der Waals surface area contributed by atoms with Crippen molar-refractivity contribution in [2.75, 3.05) is 25.4 Å². The molecule has 1 saturated heterocycles. The summed E-state index contributed by atoms with van der Waals surface area (Å²) in [6.45, 7) is 9.33. The minimum atomic E-state index is 0.678. The topological polar surface area (TPSA) is 32.5 Å². The predicted molar refractivity (Wildman–Crippen MR) is 80.1 cm³/mol. The van der Waals surface area contributed by atoms with Crippen LogP contribution in [0.3, 0.4) is 0 Å². The van der Waals surface area contributed by atoms with Crippen LogP contribution in [0.2, 0.25) is 0 Å². The van der Waals surface area contributed by atoms with E-state index in [1.54, 1.807) is 0 Å². The number of hydrogen-bond donors (Lipinski definition) is 1. The van der Waals surface area contributed by atoms with E-state index < -0.39 is 0 Å². The molecule has 0 saturated carbocycles. The first kappa shape index (κ1) is 12.9. The van der Waals surface area contributed by atoms with Crippen molar-refractivity contribution in [1.82, 2.24) is 9.80 Å². The molecule has 2 heterocycles. The number of likely N-dealkylation sites (tertiary alicyclic amines) is 1. The van der Waals surface area contributed by atoms with Gasteiger partial charge in [-0.15, -0.1) is 0 Å². The van der Waals surface area contributed by atoms with E-state index in [2.05, 4.69) is 35.8 Å². The number of nitrogens with zero attached hydrogens (tertiary/aromatic N) is 2. The van der Waals surface area contributed by atoms with Gasteiger partial charge in [0.15, 0.2) is 0 Å². The standard InChI is InChI=1S/C16H25N3/c1-12(2)18-8-6-14(11-18)19-9-7-15-13(10-19)4-3-5-16(15)17/h3-5,12,14H,6-11,17H2,1-2H3. The third-order valence-electron chi connectivity index (χ3n) is 4.77. The molecule has 0 aromatic heterocycles. The second kappa shape index (κ2) is 5.14. The van der Waals surface area contributed by atoms with Gasteiger partial charge in [0.25, 0.3) is 0 Å². The van der Waals surface area contributed by atoms with E-state index in [1.165, 1.54) is 30.6 Å². The summed E-state index contributed by atoms with van der Waals surface area (Å²) in [6, 6.07) is 7.78. The van der Waals surface area contributed by atoms with Crippen LogP contribution in [0.5, 0.6) is 0 Å². The Labute approximate surface area is 116 Å². The molecule has 1 atom stereocenters. The summed E-state index contributed by atoms with van der Waals surface area (Å²) in [5, 5.41) is 0. The zero-order valence-corrected chi connectivity index (χ0v) is 12.1. The third kappa shape index (κ3) is 2.49. The Kier molecular flexibility index (Phi) is 3.50. The summed E-state index contributed by atoms with van der Waals surface area (Å²) in [4.78, 5) is 5.25. The summed E-state index contributed by atoms with van der Waals surface area (Å²) >= 11 is 0. The normalized spacial score (nSPS) is 24.9. The third-order valence-corrected chi connectivity index (χ3v) is 4.77. The molecule has 3 nitrogen and oxygen atoms in total. The molecule has 2 aliphatic rings. The molecule has 2 N–H and O–H groups in total. The zero-order valence-electron chi connectivity index (χ0n) is 12.1. The Hall–Kier alpha value is -1.06. The summed E-state index contributed by atoms with van der Waals surface area (Å²) in [5.41, 5.74) is 9.88. The fraction of sp³-hybridized carbons (Fsp3) is 0.625. The first-order chi connectivity index (χ1) is 9.15.